The molecule has 0 aliphatic heterocycles. The van der Waals surface area contributed by atoms with Gasteiger partial charge in [0.15, 0.2) is 0 Å². The molecule has 0 saturated carbocycles. The number of rotatable bonds is 4. The second kappa shape index (κ2) is 7.04. The maximum Gasteiger partial charge on any atom is 0.319 e. The van der Waals surface area contributed by atoms with Gasteiger partial charge in [0.05, 0.1) is 6.10 Å². The lowest BCUT2D eigenvalue weighted by atomic mass is 10.1. The van der Waals surface area contributed by atoms with Crippen LogP contribution in [-0.2, 0) is 0 Å². The number of aryl methyl sites for hydroxylation is 1. The van der Waals surface area contributed by atoms with E-state index in [1.54, 1.807) is 18.2 Å². The summed E-state index contributed by atoms with van der Waals surface area (Å²) < 4.78 is 13.5. The summed E-state index contributed by atoms with van der Waals surface area (Å²) in [6, 6.07) is 11.1. The molecule has 1 atom stereocenters. The lowest BCUT2D eigenvalue weighted by molar-refractivity contribution is 0.170. The molecule has 0 bridgehead atoms. The minimum absolute atomic E-state index is 0.0718. The number of amides is 2. The van der Waals surface area contributed by atoms with E-state index in [9.17, 15) is 14.3 Å². The molecule has 3 N–H and O–H groups in total. The molecule has 0 aliphatic carbocycles. The second-order valence-corrected chi connectivity index (χ2v) is 5.12. The second-order valence-electron chi connectivity index (χ2n) is 5.12. The monoisotopic (exact) mass is 302 g/mol. The molecule has 0 aliphatic rings. The zero-order valence-electron chi connectivity index (χ0n) is 12.6. The average Bonchev–Trinajstić information content (AvgIpc) is 2.50. The van der Waals surface area contributed by atoms with Gasteiger partial charge in [-0.25, -0.2) is 9.18 Å². The first-order valence-electron chi connectivity index (χ1n) is 7.02. The Bertz CT molecular complexity index is 673. The molecule has 2 amide bonds. The maximum atomic E-state index is 13.5. The van der Waals surface area contributed by atoms with Gasteiger partial charge in [0, 0.05) is 17.8 Å². The average molecular weight is 302 g/mol. The lowest BCUT2D eigenvalue weighted by Crippen LogP contribution is -2.32. The van der Waals surface area contributed by atoms with Crippen molar-refractivity contribution in [3.8, 4) is 0 Å². The smallest absolute Gasteiger partial charge is 0.319 e. The van der Waals surface area contributed by atoms with Crippen molar-refractivity contribution in [2.24, 2.45) is 0 Å². The van der Waals surface area contributed by atoms with Crippen LogP contribution in [0.15, 0.2) is 42.5 Å². The fourth-order valence-electron chi connectivity index (χ4n) is 2.10. The van der Waals surface area contributed by atoms with E-state index in [4.69, 9.17) is 0 Å². The lowest BCUT2D eigenvalue weighted by Gasteiger charge is -2.15. The predicted molar refractivity (Wildman–Crippen MR) is 84.3 cm³/mol. The number of urea groups is 1. The Hall–Kier alpha value is -2.40. The number of carbonyl (C=O) groups is 1. The van der Waals surface area contributed by atoms with Gasteiger partial charge in [-0.3, -0.25) is 0 Å². The zero-order valence-corrected chi connectivity index (χ0v) is 12.6. The Labute approximate surface area is 129 Å². The molecule has 4 nitrogen and oxygen atoms in total. The molecule has 0 saturated heterocycles. The quantitative estimate of drug-likeness (QED) is 0.811. The highest BCUT2D eigenvalue weighted by Crippen LogP contribution is 2.18. The van der Waals surface area contributed by atoms with E-state index in [1.807, 2.05) is 26.0 Å². The van der Waals surface area contributed by atoms with Crippen LogP contribution in [0.4, 0.5) is 14.9 Å². The highest BCUT2D eigenvalue weighted by molar-refractivity contribution is 5.90. The number of anilines is 1. The summed E-state index contributed by atoms with van der Waals surface area (Å²) in [6.45, 7) is 3.80. The minimum Gasteiger partial charge on any atom is -0.386 e. The fraction of sp³-hybridized carbons (Fsp3) is 0.235. The van der Waals surface area contributed by atoms with Gasteiger partial charge in [-0.1, -0.05) is 30.3 Å². The molecule has 2 aromatic rings. The topological polar surface area (TPSA) is 61.4 Å². The molecule has 0 heterocycles. The normalized spacial score (nSPS) is 11.8. The van der Waals surface area contributed by atoms with Crippen molar-refractivity contribution in [1.82, 2.24) is 5.32 Å². The first kappa shape index (κ1) is 16.0. The third kappa shape index (κ3) is 3.83. The van der Waals surface area contributed by atoms with Crippen molar-refractivity contribution in [1.29, 1.82) is 0 Å². The Morgan fingerprint density at radius 3 is 2.64 bits per heavy atom. The molecule has 22 heavy (non-hydrogen) atoms. The van der Waals surface area contributed by atoms with Crippen LogP contribution in [0, 0.1) is 19.7 Å². The number of aliphatic hydroxyl groups is 1. The third-order valence-electron chi connectivity index (χ3n) is 3.57. The van der Waals surface area contributed by atoms with Crippen LogP contribution >= 0.6 is 0 Å². The van der Waals surface area contributed by atoms with Crippen LogP contribution in [0.25, 0.3) is 0 Å². The van der Waals surface area contributed by atoms with Gasteiger partial charge in [0.25, 0.3) is 0 Å². The van der Waals surface area contributed by atoms with Crippen LogP contribution in [0.5, 0.6) is 0 Å². The fourth-order valence-corrected chi connectivity index (χ4v) is 2.10. The molecule has 2 aromatic carbocycles. The van der Waals surface area contributed by atoms with Crippen molar-refractivity contribution in [2.45, 2.75) is 20.0 Å². The molecule has 0 aromatic heterocycles. The minimum atomic E-state index is -1.09. The molecular formula is C17H19FN2O2. The highest BCUT2D eigenvalue weighted by Gasteiger charge is 2.13. The van der Waals surface area contributed by atoms with Crippen LogP contribution < -0.4 is 10.6 Å². The Kier molecular flexibility index (Phi) is 5.12. The number of hydrogen-bond donors (Lipinski definition) is 3. The summed E-state index contributed by atoms with van der Waals surface area (Å²) in [5.41, 5.74) is 2.92. The van der Waals surface area contributed by atoms with Crippen molar-refractivity contribution in [3.63, 3.8) is 0 Å². The molecule has 0 radical (unpaired) electrons. The van der Waals surface area contributed by atoms with E-state index in [0.717, 1.165) is 11.1 Å². The van der Waals surface area contributed by atoms with Crippen LogP contribution in [0.2, 0.25) is 0 Å². The Morgan fingerprint density at radius 1 is 1.18 bits per heavy atom. The van der Waals surface area contributed by atoms with Crippen LogP contribution in [-0.4, -0.2) is 17.7 Å². The van der Waals surface area contributed by atoms with Gasteiger partial charge in [-0.2, -0.15) is 0 Å². The first-order valence-corrected chi connectivity index (χ1v) is 7.02. The summed E-state index contributed by atoms with van der Waals surface area (Å²) in [7, 11) is 0. The maximum absolute atomic E-state index is 13.5. The van der Waals surface area contributed by atoms with E-state index in [0.29, 0.717) is 5.69 Å². The van der Waals surface area contributed by atoms with Gasteiger partial charge in [-0.05, 0) is 37.1 Å². The van der Waals surface area contributed by atoms with E-state index >= 15 is 0 Å². The number of nitrogens with one attached hydrogen (secondary N) is 2. The number of benzene rings is 2. The number of carbonyl (C=O) groups excluding carboxylic acids is 1. The van der Waals surface area contributed by atoms with Crippen molar-refractivity contribution >= 4 is 11.7 Å². The summed E-state index contributed by atoms with van der Waals surface area (Å²) in [5, 5.41) is 15.2. The van der Waals surface area contributed by atoms with E-state index in [-0.39, 0.29) is 12.1 Å². The van der Waals surface area contributed by atoms with Crippen LogP contribution in [0.1, 0.15) is 22.8 Å². The molecule has 116 valence electrons. The van der Waals surface area contributed by atoms with E-state index in [2.05, 4.69) is 10.6 Å². The Balaban J connectivity index is 1.93. The zero-order chi connectivity index (χ0) is 16.1. The third-order valence-corrected chi connectivity index (χ3v) is 3.57. The summed E-state index contributed by atoms with van der Waals surface area (Å²) >= 11 is 0. The van der Waals surface area contributed by atoms with E-state index in [1.165, 1.54) is 12.1 Å². The van der Waals surface area contributed by atoms with Gasteiger partial charge in [0.1, 0.15) is 5.82 Å². The van der Waals surface area contributed by atoms with Gasteiger partial charge in [0.2, 0.25) is 0 Å². The van der Waals surface area contributed by atoms with Crippen LogP contribution in [0.3, 0.4) is 0 Å². The SMILES string of the molecule is Cc1cccc(NC(=O)NC[C@@H](O)c2ccccc2F)c1C. The summed E-state index contributed by atoms with van der Waals surface area (Å²) in [5.74, 6) is -0.494. The largest absolute Gasteiger partial charge is 0.386 e. The number of halogens is 1. The van der Waals surface area contributed by atoms with Gasteiger partial charge >= 0.3 is 6.03 Å². The molecule has 0 spiro atoms. The molecule has 0 unspecified atom stereocenters. The van der Waals surface area contributed by atoms with Crippen molar-refractivity contribution in [3.05, 3.63) is 65.0 Å². The highest BCUT2D eigenvalue weighted by atomic mass is 19.1. The molecule has 0 fully saturated rings. The summed E-state index contributed by atoms with van der Waals surface area (Å²) in [4.78, 5) is 11.9. The first-order chi connectivity index (χ1) is 10.5. The van der Waals surface area contributed by atoms with E-state index < -0.39 is 18.0 Å². The number of aliphatic hydroxyl groups excluding tert-OH is 1. The predicted octanol–water partition coefficient (Wildman–Crippen LogP) is 3.30. The standard InChI is InChI=1S/C17H19FN2O2/c1-11-6-5-9-15(12(11)2)20-17(22)19-10-16(21)13-7-3-4-8-14(13)18/h3-9,16,21H,10H2,1-2H3,(H2,19,20,22)/t16-/m1/s1. The van der Waals surface area contributed by atoms with Gasteiger partial charge in [-0.15, -0.1) is 0 Å². The van der Waals surface area contributed by atoms with Gasteiger partial charge < -0.3 is 15.7 Å². The molecular weight excluding hydrogens is 283 g/mol. The molecule has 2 rings (SSSR count). The molecule has 5 heteroatoms. The Morgan fingerprint density at radius 2 is 1.91 bits per heavy atom. The number of hydrogen-bond acceptors (Lipinski definition) is 2. The summed E-state index contributed by atoms with van der Waals surface area (Å²) in [6.07, 6.45) is -1.09. The van der Waals surface area contributed by atoms with Crippen molar-refractivity contribution in [2.75, 3.05) is 11.9 Å². The van der Waals surface area contributed by atoms with Crippen molar-refractivity contribution < 1.29 is 14.3 Å².